The van der Waals surface area contributed by atoms with Gasteiger partial charge in [-0.25, -0.2) is 4.79 Å². The van der Waals surface area contributed by atoms with Crippen LogP contribution in [0, 0.1) is 0 Å². The zero-order valence-electron chi connectivity index (χ0n) is 17.2. The van der Waals surface area contributed by atoms with Crippen molar-refractivity contribution in [3.63, 3.8) is 0 Å². The molecule has 33 heavy (non-hydrogen) atoms. The van der Waals surface area contributed by atoms with Gasteiger partial charge in [-0.1, -0.05) is 0 Å². The number of aliphatic hydroxyl groups is 10. The summed E-state index contributed by atoms with van der Waals surface area (Å²) in [6.07, 6.45) is -16.4. The van der Waals surface area contributed by atoms with Gasteiger partial charge in [0.1, 0.15) is 55.9 Å². The van der Waals surface area contributed by atoms with Gasteiger partial charge in [0, 0.05) is 0 Å². The first kappa shape index (κ1) is 31.0. The molecule has 0 spiro atoms. The lowest BCUT2D eigenvalue weighted by Gasteiger charge is -2.27. The molecule has 0 aliphatic rings. The number of aliphatic carboxylic acids is 1. The third kappa shape index (κ3) is 10.2. The van der Waals surface area contributed by atoms with Crippen molar-refractivity contribution in [2.75, 3.05) is 26.4 Å². The Labute approximate surface area is 186 Å². The van der Waals surface area contributed by atoms with Gasteiger partial charge in [0.2, 0.25) is 0 Å². The second-order valence-corrected chi connectivity index (χ2v) is 7.17. The van der Waals surface area contributed by atoms with Crippen LogP contribution in [0.2, 0.25) is 0 Å². The van der Waals surface area contributed by atoms with Crippen molar-refractivity contribution in [3.8, 4) is 0 Å². The summed E-state index contributed by atoms with van der Waals surface area (Å²) in [6.45, 7) is -4.00. The minimum absolute atomic E-state index is 0.924. The number of aliphatic hydroxyl groups excluding tert-OH is 9. The molecule has 16 heteroatoms. The molecule has 0 saturated heterocycles. The minimum Gasteiger partial charge on any atom is -0.481 e. The summed E-state index contributed by atoms with van der Waals surface area (Å²) in [7, 11) is 0. The lowest BCUT2D eigenvalue weighted by molar-refractivity contribution is -0.183. The van der Waals surface area contributed by atoms with Crippen LogP contribution in [0.15, 0.2) is 0 Å². The maximum absolute atomic E-state index is 12.2. The van der Waals surface area contributed by atoms with E-state index < -0.39 is 106 Å². The Kier molecular flexibility index (Phi) is 13.4. The number of hydrogen-bond acceptors (Lipinski definition) is 15. The number of hydrogen-bond donors (Lipinski definition) is 11. The van der Waals surface area contributed by atoms with Crippen molar-refractivity contribution in [1.82, 2.24) is 0 Å². The van der Waals surface area contributed by atoms with Crippen LogP contribution in [0.4, 0.5) is 0 Å². The Hall–Kier alpha value is -1.99. The number of carbonyl (C=O) groups is 3. The SMILES string of the molecule is O=C(O)CC(O)(CC(=O)OC[C@H](O)[C@@H](O)[C@H](O)CO)C(=O)OC[C@H](O)[C@@H](O)[C@H](O)[C@H](O)CO. The van der Waals surface area contributed by atoms with E-state index in [1.54, 1.807) is 0 Å². The van der Waals surface area contributed by atoms with Crippen molar-refractivity contribution in [3.05, 3.63) is 0 Å². The maximum Gasteiger partial charge on any atom is 0.339 e. The summed E-state index contributed by atoms with van der Waals surface area (Å²) in [5.41, 5.74) is -3.04. The normalized spacial score (nSPS) is 19.8. The zero-order chi connectivity index (χ0) is 25.9. The summed E-state index contributed by atoms with van der Waals surface area (Å²) in [4.78, 5) is 35.0. The van der Waals surface area contributed by atoms with Crippen molar-refractivity contribution >= 4 is 17.9 Å². The average Bonchev–Trinajstić information content (AvgIpc) is 2.77. The highest BCUT2D eigenvalue weighted by Gasteiger charge is 2.44. The van der Waals surface area contributed by atoms with Crippen LogP contribution in [-0.2, 0) is 23.9 Å². The van der Waals surface area contributed by atoms with E-state index in [2.05, 4.69) is 9.47 Å². The molecule has 0 rings (SSSR count). The second-order valence-electron chi connectivity index (χ2n) is 7.17. The number of carboxylic acids is 1. The lowest BCUT2D eigenvalue weighted by atomic mass is 9.95. The van der Waals surface area contributed by atoms with E-state index in [9.17, 15) is 55.2 Å². The molecule has 194 valence electrons. The molecule has 0 saturated carbocycles. The Morgan fingerprint density at radius 3 is 1.58 bits per heavy atom. The molecule has 1 unspecified atom stereocenters. The van der Waals surface area contributed by atoms with Crippen molar-refractivity contribution in [1.29, 1.82) is 0 Å². The fourth-order valence-electron chi connectivity index (χ4n) is 2.35. The molecule has 8 atom stereocenters. The van der Waals surface area contributed by atoms with Crippen LogP contribution in [0.25, 0.3) is 0 Å². The van der Waals surface area contributed by atoms with E-state index in [1.807, 2.05) is 0 Å². The van der Waals surface area contributed by atoms with Gasteiger partial charge in [-0.15, -0.1) is 0 Å². The van der Waals surface area contributed by atoms with Crippen LogP contribution >= 0.6 is 0 Å². The highest BCUT2D eigenvalue weighted by atomic mass is 16.6. The molecular formula is C17H30O16. The first-order valence-corrected chi connectivity index (χ1v) is 9.45. The third-order valence-corrected chi connectivity index (χ3v) is 4.36. The van der Waals surface area contributed by atoms with Crippen molar-refractivity contribution in [2.24, 2.45) is 0 Å². The molecule has 16 nitrogen and oxygen atoms in total. The molecule has 0 heterocycles. The molecule has 0 radical (unpaired) electrons. The first-order chi connectivity index (χ1) is 15.2. The molecule has 0 fully saturated rings. The zero-order valence-corrected chi connectivity index (χ0v) is 17.2. The topological polar surface area (TPSA) is 292 Å². The van der Waals surface area contributed by atoms with Crippen LogP contribution in [-0.4, -0.2) is 149 Å². The van der Waals surface area contributed by atoms with E-state index in [4.69, 9.17) is 15.3 Å². The molecule has 0 aliphatic heterocycles. The van der Waals surface area contributed by atoms with Gasteiger partial charge in [-0.05, 0) is 0 Å². The van der Waals surface area contributed by atoms with Gasteiger partial charge in [0.05, 0.1) is 26.1 Å². The largest absolute Gasteiger partial charge is 0.481 e. The molecular weight excluding hydrogens is 460 g/mol. The van der Waals surface area contributed by atoms with Crippen LogP contribution in [0.1, 0.15) is 12.8 Å². The molecule has 0 aromatic carbocycles. The summed E-state index contributed by atoms with van der Waals surface area (Å²) >= 11 is 0. The highest BCUT2D eigenvalue weighted by Crippen LogP contribution is 2.20. The predicted octanol–water partition coefficient (Wildman–Crippen LogP) is -6.82. The van der Waals surface area contributed by atoms with E-state index in [0.29, 0.717) is 0 Å². The summed E-state index contributed by atoms with van der Waals surface area (Å²) in [5, 5.41) is 103. The predicted molar refractivity (Wildman–Crippen MR) is 100.0 cm³/mol. The molecule has 0 bridgehead atoms. The van der Waals surface area contributed by atoms with E-state index in [1.165, 1.54) is 0 Å². The Morgan fingerprint density at radius 2 is 1.09 bits per heavy atom. The van der Waals surface area contributed by atoms with Gasteiger partial charge in [0.25, 0.3) is 0 Å². The molecule has 0 aromatic rings. The van der Waals surface area contributed by atoms with E-state index in [0.717, 1.165) is 0 Å². The van der Waals surface area contributed by atoms with Gasteiger partial charge in [-0.2, -0.15) is 0 Å². The summed E-state index contributed by atoms with van der Waals surface area (Å²) in [6, 6.07) is 0. The third-order valence-electron chi connectivity index (χ3n) is 4.36. The number of carbonyl (C=O) groups excluding carboxylic acids is 2. The number of esters is 2. The summed E-state index contributed by atoms with van der Waals surface area (Å²) in [5.74, 6) is -4.95. The highest BCUT2D eigenvalue weighted by molar-refractivity contribution is 5.89. The van der Waals surface area contributed by atoms with Crippen LogP contribution in [0.5, 0.6) is 0 Å². The Morgan fingerprint density at radius 1 is 0.667 bits per heavy atom. The lowest BCUT2D eigenvalue weighted by Crippen LogP contribution is -2.49. The van der Waals surface area contributed by atoms with Crippen molar-refractivity contribution < 1.29 is 80.0 Å². The second kappa shape index (κ2) is 14.3. The quantitative estimate of drug-likeness (QED) is 0.0896. The summed E-state index contributed by atoms with van der Waals surface area (Å²) < 4.78 is 8.99. The number of carboxylic acid groups (broad SMARTS) is 1. The molecule has 0 aliphatic carbocycles. The fourth-order valence-corrected chi connectivity index (χ4v) is 2.35. The molecule has 0 aromatic heterocycles. The number of ether oxygens (including phenoxy) is 2. The molecule has 11 N–H and O–H groups in total. The van der Waals surface area contributed by atoms with Crippen LogP contribution < -0.4 is 0 Å². The average molecular weight is 490 g/mol. The van der Waals surface area contributed by atoms with E-state index in [-0.39, 0.29) is 0 Å². The Balaban J connectivity index is 5.05. The van der Waals surface area contributed by atoms with Gasteiger partial charge < -0.3 is 65.6 Å². The Bertz CT molecular complexity index is 628. The van der Waals surface area contributed by atoms with Gasteiger partial charge >= 0.3 is 17.9 Å². The maximum atomic E-state index is 12.2. The van der Waals surface area contributed by atoms with Gasteiger partial charge in [0.15, 0.2) is 5.60 Å². The minimum atomic E-state index is -3.04. The molecule has 0 amide bonds. The standard InChI is InChI=1S/C17H30O16/c18-3-7(20)13(27)9(22)5-32-12(26)2-17(31,1-11(24)25)16(30)33-6-10(23)15(29)14(28)8(21)4-19/h7-10,13-15,18-23,27-29,31H,1-6H2,(H,24,25)/t7-,8-,9+,10+,13+,14-,15-,17?/m1/s1. The van der Waals surface area contributed by atoms with Crippen LogP contribution in [0.3, 0.4) is 0 Å². The van der Waals surface area contributed by atoms with E-state index >= 15 is 0 Å². The smallest absolute Gasteiger partial charge is 0.339 e. The first-order valence-electron chi connectivity index (χ1n) is 9.45. The fraction of sp³-hybridized carbons (Fsp3) is 0.824. The van der Waals surface area contributed by atoms with Gasteiger partial charge in [-0.3, -0.25) is 9.59 Å². The number of rotatable bonds is 16. The van der Waals surface area contributed by atoms with Crippen molar-refractivity contribution in [2.45, 2.75) is 61.2 Å². The monoisotopic (exact) mass is 490 g/mol.